The van der Waals surface area contributed by atoms with Crippen LogP contribution in [0.25, 0.3) is 10.9 Å². The minimum atomic E-state index is -0.280. The molecule has 2 aromatic carbocycles. The molecule has 0 amide bonds. The number of aromatic nitrogens is 5. The lowest BCUT2D eigenvalue weighted by Gasteiger charge is -2.22. The summed E-state index contributed by atoms with van der Waals surface area (Å²) in [4.78, 5) is 18.0. The van der Waals surface area contributed by atoms with Crippen LogP contribution >= 0.6 is 0 Å². The molecule has 5 rings (SSSR count). The number of ether oxygens (including phenoxy) is 1. The third kappa shape index (κ3) is 5.05. The second-order valence-corrected chi connectivity index (χ2v) is 8.85. The molecule has 34 heavy (non-hydrogen) atoms. The van der Waals surface area contributed by atoms with Crippen LogP contribution in [-0.2, 0) is 30.9 Å². The fourth-order valence-corrected chi connectivity index (χ4v) is 4.46. The van der Waals surface area contributed by atoms with Crippen molar-refractivity contribution in [3.05, 3.63) is 87.2 Å². The normalized spacial score (nSPS) is 16.0. The maximum atomic E-state index is 13.5. The van der Waals surface area contributed by atoms with Crippen LogP contribution in [0.5, 0.6) is 0 Å². The molecule has 0 bridgehead atoms. The molecule has 1 saturated heterocycles. The Morgan fingerprint density at radius 3 is 2.82 bits per heavy atom. The molecule has 9 heteroatoms. The van der Waals surface area contributed by atoms with E-state index in [1.165, 1.54) is 12.1 Å². The summed E-state index contributed by atoms with van der Waals surface area (Å²) in [5, 5.41) is 13.3. The molecule has 0 saturated carbocycles. The van der Waals surface area contributed by atoms with Crippen LogP contribution in [0.3, 0.4) is 0 Å². The van der Waals surface area contributed by atoms with Gasteiger partial charge in [-0.2, -0.15) is 0 Å². The van der Waals surface area contributed by atoms with Gasteiger partial charge in [0.1, 0.15) is 5.82 Å². The van der Waals surface area contributed by atoms with E-state index in [0.29, 0.717) is 37.6 Å². The minimum Gasteiger partial charge on any atom is -0.376 e. The number of rotatable bonds is 8. The first-order chi connectivity index (χ1) is 16.5. The third-order valence-electron chi connectivity index (χ3n) is 6.25. The van der Waals surface area contributed by atoms with E-state index in [2.05, 4.69) is 25.4 Å². The molecule has 3 heterocycles. The molecule has 4 aromatic rings. The van der Waals surface area contributed by atoms with Gasteiger partial charge in [-0.15, -0.1) is 5.10 Å². The number of aromatic amines is 1. The van der Waals surface area contributed by atoms with Crippen molar-refractivity contribution in [3.63, 3.8) is 0 Å². The zero-order valence-corrected chi connectivity index (χ0v) is 19.1. The SMILES string of the molecule is Cc1cccc2cc(CN(Cc3ccc(F)cc3)Cc3nnnn3C[C@@H]3CCCO3)c(=O)[nH]c12. The van der Waals surface area contributed by atoms with Crippen molar-refractivity contribution in [1.29, 1.82) is 0 Å². The molecule has 1 aliphatic heterocycles. The summed E-state index contributed by atoms with van der Waals surface area (Å²) in [7, 11) is 0. The molecule has 0 radical (unpaired) electrons. The lowest BCUT2D eigenvalue weighted by molar-refractivity contribution is 0.0914. The Hall–Kier alpha value is -3.43. The van der Waals surface area contributed by atoms with E-state index in [1.807, 2.05) is 31.2 Å². The van der Waals surface area contributed by atoms with Gasteiger partial charge in [-0.05, 0) is 64.9 Å². The van der Waals surface area contributed by atoms with Crippen molar-refractivity contribution >= 4 is 10.9 Å². The standard InChI is InChI=1S/C25H27FN6O2/c1-17-4-2-5-19-12-20(25(33)27-24(17)19)14-31(13-18-7-9-21(26)10-8-18)16-23-28-29-30-32(23)15-22-6-3-11-34-22/h2,4-5,7-10,12,22H,3,6,11,13-16H2,1H3,(H,27,33)/t22-/m0/s1. The zero-order chi connectivity index (χ0) is 23.5. The predicted octanol–water partition coefficient (Wildman–Crippen LogP) is 3.34. The number of aryl methyl sites for hydroxylation is 1. The highest BCUT2D eigenvalue weighted by Gasteiger charge is 2.21. The largest absolute Gasteiger partial charge is 0.376 e. The van der Waals surface area contributed by atoms with Gasteiger partial charge in [-0.25, -0.2) is 9.07 Å². The van der Waals surface area contributed by atoms with E-state index < -0.39 is 0 Å². The maximum absolute atomic E-state index is 13.5. The number of fused-ring (bicyclic) bond motifs is 1. The van der Waals surface area contributed by atoms with E-state index in [9.17, 15) is 9.18 Å². The van der Waals surface area contributed by atoms with Crippen molar-refractivity contribution in [2.24, 2.45) is 0 Å². The number of nitrogens with zero attached hydrogens (tertiary/aromatic N) is 5. The first kappa shape index (κ1) is 22.4. The minimum absolute atomic E-state index is 0.111. The molecule has 0 spiro atoms. The Balaban J connectivity index is 1.42. The van der Waals surface area contributed by atoms with Gasteiger partial charge in [0.2, 0.25) is 0 Å². The van der Waals surface area contributed by atoms with Gasteiger partial charge < -0.3 is 9.72 Å². The number of tetrazole rings is 1. The molecule has 8 nitrogen and oxygen atoms in total. The van der Waals surface area contributed by atoms with E-state index in [-0.39, 0.29) is 17.5 Å². The average molecular weight is 463 g/mol. The first-order valence-electron chi connectivity index (χ1n) is 11.5. The highest BCUT2D eigenvalue weighted by molar-refractivity contribution is 5.81. The summed E-state index contributed by atoms with van der Waals surface area (Å²) in [6.07, 6.45) is 2.15. The number of halogens is 1. The number of para-hydroxylation sites is 1. The van der Waals surface area contributed by atoms with Crippen molar-refractivity contribution in [1.82, 2.24) is 30.1 Å². The van der Waals surface area contributed by atoms with Crippen LogP contribution in [0.2, 0.25) is 0 Å². The lowest BCUT2D eigenvalue weighted by Crippen LogP contribution is -2.29. The van der Waals surface area contributed by atoms with Crippen LogP contribution in [0.1, 0.15) is 35.4 Å². The average Bonchev–Trinajstić information content (AvgIpc) is 3.49. The highest BCUT2D eigenvalue weighted by Crippen LogP contribution is 2.19. The number of H-pyrrole nitrogens is 1. The van der Waals surface area contributed by atoms with Gasteiger partial charge in [0, 0.05) is 25.3 Å². The fourth-order valence-electron chi connectivity index (χ4n) is 4.46. The molecular formula is C25H27FN6O2. The van der Waals surface area contributed by atoms with Crippen molar-refractivity contribution < 1.29 is 9.13 Å². The molecule has 0 aliphatic carbocycles. The van der Waals surface area contributed by atoms with Crippen LogP contribution in [0, 0.1) is 12.7 Å². The summed E-state index contributed by atoms with van der Waals surface area (Å²) in [5.41, 5.74) is 3.34. The highest BCUT2D eigenvalue weighted by atomic mass is 19.1. The maximum Gasteiger partial charge on any atom is 0.252 e. The number of hydrogen-bond acceptors (Lipinski definition) is 6. The van der Waals surface area contributed by atoms with Crippen molar-refractivity contribution in [2.45, 2.75) is 52.0 Å². The Bertz CT molecular complexity index is 1330. The van der Waals surface area contributed by atoms with Gasteiger partial charge in [0.05, 0.1) is 24.7 Å². The van der Waals surface area contributed by atoms with Crippen LogP contribution < -0.4 is 5.56 Å². The smallest absolute Gasteiger partial charge is 0.252 e. The number of benzene rings is 2. The Kier molecular flexibility index (Phi) is 6.46. The summed E-state index contributed by atoms with van der Waals surface area (Å²) in [5.74, 6) is 0.419. The second kappa shape index (κ2) is 9.82. The summed E-state index contributed by atoms with van der Waals surface area (Å²) < 4.78 is 21.0. The quantitative estimate of drug-likeness (QED) is 0.432. The van der Waals surface area contributed by atoms with E-state index in [1.54, 1.807) is 16.8 Å². The topological polar surface area (TPSA) is 88.9 Å². The van der Waals surface area contributed by atoms with Crippen molar-refractivity contribution in [2.75, 3.05) is 6.61 Å². The Morgan fingerprint density at radius 1 is 1.18 bits per heavy atom. The Labute approximate surface area is 196 Å². The molecule has 176 valence electrons. The van der Waals surface area contributed by atoms with Gasteiger partial charge in [-0.1, -0.05) is 30.3 Å². The van der Waals surface area contributed by atoms with Gasteiger partial charge in [0.25, 0.3) is 5.56 Å². The summed E-state index contributed by atoms with van der Waals surface area (Å²) in [6, 6.07) is 14.3. The third-order valence-corrected chi connectivity index (χ3v) is 6.25. The first-order valence-corrected chi connectivity index (χ1v) is 11.5. The monoisotopic (exact) mass is 462 g/mol. The number of pyridine rings is 1. The van der Waals surface area contributed by atoms with E-state index in [0.717, 1.165) is 41.5 Å². The van der Waals surface area contributed by atoms with E-state index >= 15 is 0 Å². The van der Waals surface area contributed by atoms with Crippen LogP contribution in [0.15, 0.2) is 53.3 Å². The van der Waals surface area contributed by atoms with Crippen LogP contribution in [0.4, 0.5) is 4.39 Å². The summed E-state index contributed by atoms with van der Waals surface area (Å²) >= 11 is 0. The number of hydrogen-bond donors (Lipinski definition) is 1. The summed E-state index contributed by atoms with van der Waals surface area (Å²) in [6.45, 7) is 4.68. The molecule has 1 atom stereocenters. The molecule has 1 aliphatic rings. The number of nitrogens with one attached hydrogen (secondary N) is 1. The predicted molar refractivity (Wildman–Crippen MR) is 125 cm³/mol. The van der Waals surface area contributed by atoms with Crippen molar-refractivity contribution in [3.8, 4) is 0 Å². The van der Waals surface area contributed by atoms with Gasteiger partial charge in [-0.3, -0.25) is 9.69 Å². The lowest BCUT2D eigenvalue weighted by atomic mass is 10.1. The second-order valence-electron chi connectivity index (χ2n) is 8.85. The molecular weight excluding hydrogens is 435 g/mol. The molecule has 2 aromatic heterocycles. The molecule has 1 N–H and O–H groups in total. The fraction of sp³-hybridized carbons (Fsp3) is 0.360. The Morgan fingerprint density at radius 2 is 2.03 bits per heavy atom. The molecule has 1 fully saturated rings. The van der Waals surface area contributed by atoms with E-state index in [4.69, 9.17) is 4.74 Å². The molecule has 0 unspecified atom stereocenters. The van der Waals surface area contributed by atoms with Gasteiger partial charge >= 0.3 is 0 Å². The van der Waals surface area contributed by atoms with Gasteiger partial charge in [0.15, 0.2) is 5.82 Å². The zero-order valence-electron chi connectivity index (χ0n) is 19.1. The van der Waals surface area contributed by atoms with Crippen LogP contribution in [-0.4, -0.2) is 42.8 Å².